The van der Waals surface area contributed by atoms with Crippen molar-refractivity contribution in [2.75, 3.05) is 26.1 Å². The third-order valence-electron chi connectivity index (χ3n) is 4.37. The Morgan fingerprint density at radius 1 is 1.07 bits per heavy atom. The molecular weight excluding hydrogens is 370 g/mol. The van der Waals surface area contributed by atoms with Gasteiger partial charge in [-0.25, -0.2) is 4.79 Å². The van der Waals surface area contributed by atoms with Crippen molar-refractivity contribution in [1.29, 1.82) is 0 Å². The number of ether oxygens (including phenoxy) is 3. The highest BCUT2D eigenvalue weighted by molar-refractivity contribution is 5.96. The molecule has 154 valence electrons. The summed E-state index contributed by atoms with van der Waals surface area (Å²) in [7, 11) is 3.06. The van der Waals surface area contributed by atoms with E-state index in [0.717, 1.165) is 16.8 Å². The molecule has 6 nitrogen and oxygen atoms in total. The van der Waals surface area contributed by atoms with E-state index in [1.807, 2.05) is 25.1 Å². The van der Waals surface area contributed by atoms with E-state index < -0.39 is 5.97 Å². The van der Waals surface area contributed by atoms with Crippen LogP contribution in [0.1, 0.15) is 36.5 Å². The van der Waals surface area contributed by atoms with Gasteiger partial charge in [0.15, 0.2) is 18.1 Å². The summed E-state index contributed by atoms with van der Waals surface area (Å²) in [5.41, 5.74) is 3.42. The van der Waals surface area contributed by atoms with Crippen LogP contribution in [0.4, 0.5) is 5.69 Å². The van der Waals surface area contributed by atoms with E-state index in [0.29, 0.717) is 17.1 Å². The van der Waals surface area contributed by atoms with Gasteiger partial charge in [-0.3, -0.25) is 4.79 Å². The zero-order chi connectivity index (χ0) is 21.4. The summed E-state index contributed by atoms with van der Waals surface area (Å²) in [4.78, 5) is 24.3. The quantitative estimate of drug-likeness (QED) is 0.530. The molecule has 0 radical (unpaired) electrons. The van der Waals surface area contributed by atoms with E-state index in [4.69, 9.17) is 14.2 Å². The Labute approximate surface area is 171 Å². The minimum atomic E-state index is -0.626. The average molecular weight is 397 g/mol. The zero-order valence-corrected chi connectivity index (χ0v) is 17.4. The van der Waals surface area contributed by atoms with E-state index in [9.17, 15) is 9.59 Å². The molecule has 0 aromatic heterocycles. The van der Waals surface area contributed by atoms with Gasteiger partial charge in [0, 0.05) is 17.3 Å². The molecule has 0 fully saturated rings. The van der Waals surface area contributed by atoms with Crippen LogP contribution in [0.2, 0.25) is 0 Å². The fourth-order valence-electron chi connectivity index (χ4n) is 2.90. The van der Waals surface area contributed by atoms with Gasteiger partial charge in [0.2, 0.25) is 0 Å². The maximum Gasteiger partial charge on any atom is 0.331 e. The van der Waals surface area contributed by atoms with Gasteiger partial charge in [-0.05, 0) is 36.1 Å². The summed E-state index contributed by atoms with van der Waals surface area (Å²) >= 11 is 0. The molecule has 6 heteroatoms. The lowest BCUT2D eigenvalue weighted by Gasteiger charge is -2.16. The Kier molecular flexibility index (Phi) is 7.83. The molecule has 1 N–H and O–H groups in total. The molecule has 0 bridgehead atoms. The molecule has 2 rings (SSSR count). The predicted molar refractivity (Wildman–Crippen MR) is 113 cm³/mol. The van der Waals surface area contributed by atoms with Crippen molar-refractivity contribution in [2.45, 2.75) is 26.7 Å². The lowest BCUT2D eigenvalue weighted by atomic mass is 9.98. The maximum absolute atomic E-state index is 12.3. The molecule has 2 aromatic rings. The number of hydrogen-bond acceptors (Lipinski definition) is 5. The lowest BCUT2D eigenvalue weighted by molar-refractivity contribution is -0.142. The molecule has 0 heterocycles. The first kappa shape index (κ1) is 22.0. The summed E-state index contributed by atoms with van der Waals surface area (Å²) in [5, 5.41) is 2.85. The zero-order valence-electron chi connectivity index (χ0n) is 17.4. The van der Waals surface area contributed by atoms with E-state index >= 15 is 0 Å². The predicted octanol–water partition coefficient (Wildman–Crippen LogP) is 4.33. The van der Waals surface area contributed by atoms with Gasteiger partial charge in [0.05, 0.1) is 14.2 Å². The Balaban J connectivity index is 1.98. The van der Waals surface area contributed by atoms with Crippen LogP contribution < -0.4 is 14.8 Å². The smallest absolute Gasteiger partial charge is 0.331 e. The van der Waals surface area contributed by atoms with Crippen LogP contribution in [0.3, 0.4) is 0 Å². The molecule has 0 saturated carbocycles. The van der Waals surface area contributed by atoms with E-state index in [1.165, 1.54) is 20.3 Å². The highest BCUT2D eigenvalue weighted by Crippen LogP contribution is 2.31. The molecule has 0 aliphatic carbocycles. The first-order valence-corrected chi connectivity index (χ1v) is 9.32. The highest BCUT2D eigenvalue weighted by Gasteiger charge is 2.13. The number of amides is 1. The second-order valence-electron chi connectivity index (χ2n) is 6.77. The van der Waals surface area contributed by atoms with E-state index in [-0.39, 0.29) is 18.4 Å². The Bertz CT molecular complexity index is 902. The van der Waals surface area contributed by atoms with Crippen molar-refractivity contribution in [3.63, 3.8) is 0 Å². The van der Waals surface area contributed by atoms with Crippen molar-refractivity contribution in [3.05, 3.63) is 59.2 Å². The third-order valence-corrected chi connectivity index (χ3v) is 4.37. The van der Waals surface area contributed by atoms with Crippen molar-refractivity contribution in [2.24, 2.45) is 0 Å². The molecule has 0 aliphatic rings. The number of esters is 1. The van der Waals surface area contributed by atoms with Gasteiger partial charge in [-0.1, -0.05) is 44.2 Å². The Morgan fingerprint density at radius 3 is 2.45 bits per heavy atom. The molecular formula is C23H27NO5. The van der Waals surface area contributed by atoms with Gasteiger partial charge >= 0.3 is 5.97 Å². The second kappa shape index (κ2) is 10.3. The van der Waals surface area contributed by atoms with Crippen LogP contribution >= 0.6 is 0 Å². The van der Waals surface area contributed by atoms with Crippen molar-refractivity contribution >= 4 is 23.6 Å². The number of rotatable bonds is 8. The van der Waals surface area contributed by atoms with E-state index in [1.54, 1.807) is 24.3 Å². The number of carbonyl (C=O) groups is 2. The normalized spacial score (nSPS) is 10.8. The summed E-state index contributed by atoms with van der Waals surface area (Å²) in [6, 6.07) is 11.2. The Morgan fingerprint density at radius 2 is 1.79 bits per heavy atom. The SMILES string of the molecule is COc1cccc(/C=C/C(=O)OCC(=O)Nc2c(C)cccc2C(C)C)c1OC. The fraction of sp³-hybridized carbons (Fsp3) is 0.304. The summed E-state index contributed by atoms with van der Waals surface area (Å²) < 4.78 is 15.6. The first-order chi connectivity index (χ1) is 13.9. The summed E-state index contributed by atoms with van der Waals surface area (Å²) in [6.07, 6.45) is 2.80. The van der Waals surface area contributed by atoms with Gasteiger partial charge in [0.25, 0.3) is 5.91 Å². The van der Waals surface area contributed by atoms with Gasteiger partial charge < -0.3 is 19.5 Å². The number of carbonyl (C=O) groups excluding carboxylic acids is 2. The Hall–Kier alpha value is -3.28. The minimum absolute atomic E-state index is 0.258. The van der Waals surface area contributed by atoms with Crippen LogP contribution in [0.5, 0.6) is 11.5 Å². The minimum Gasteiger partial charge on any atom is -0.493 e. The maximum atomic E-state index is 12.3. The highest BCUT2D eigenvalue weighted by atomic mass is 16.5. The molecule has 2 aromatic carbocycles. The number of methoxy groups -OCH3 is 2. The molecule has 0 spiro atoms. The van der Waals surface area contributed by atoms with Crippen LogP contribution in [-0.4, -0.2) is 32.7 Å². The van der Waals surface area contributed by atoms with Gasteiger partial charge in [0.1, 0.15) is 0 Å². The monoisotopic (exact) mass is 397 g/mol. The molecule has 0 aliphatic heterocycles. The van der Waals surface area contributed by atoms with Crippen LogP contribution in [-0.2, 0) is 14.3 Å². The number of hydrogen-bond donors (Lipinski definition) is 1. The fourth-order valence-corrected chi connectivity index (χ4v) is 2.90. The summed E-state index contributed by atoms with van der Waals surface area (Å²) in [5.74, 6) is 0.313. The molecule has 29 heavy (non-hydrogen) atoms. The molecule has 0 saturated heterocycles. The number of nitrogens with one attached hydrogen (secondary N) is 1. The number of anilines is 1. The third kappa shape index (κ3) is 5.85. The molecule has 0 atom stereocenters. The number of benzene rings is 2. The number of aryl methyl sites for hydroxylation is 1. The van der Waals surface area contributed by atoms with Gasteiger partial charge in [-0.2, -0.15) is 0 Å². The number of para-hydroxylation sites is 2. The first-order valence-electron chi connectivity index (χ1n) is 9.32. The van der Waals surface area contributed by atoms with Crippen molar-refractivity contribution in [1.82, 2.24) is 0 Å². The summed E-state index contributed by atoms with van der Waals surface area (Å²) in [6.45, 7) is 5.67. The van der Waals surface area contributed by atoms with Crippen molar-refractivity contribution in [3.8, 4) is 11.5 Å². The topological polar surface area (TPSA) is 73.9 Å². The van der Waals surface area contributed by atoms with Crippen molar-refractivity contribution < 1.29 is 23.8 Å². The standard InChI is InChI=1S/C23H27NO5/c1-15(2)18-10-6-8-16(3)22(18)24-20(25)14-29-21(26)13-12-17-9-7-11-19(27-4)23(17)28-5/h6-13,15H,14H2,1-5H3,(H,24,25)/b13-12+. The van der Waals surface area contributed by atoms with Crippen LogP contribution in [0, 0.1) is 6.92 Å². The lowest BCUT2D eigenvalue weighted by Crippen LogP contribution is -2.21. The molecule has 1 amide bonds. The van der Waals surface area contributed by atoms with E-state index in [2.05, 4.69) is 19.2 Å². The molecule has 0 unspecified atom stereocenters. The van der Waals surface area contributed by atoms with Crippen LogP contribution in [0.25, 0.3) is 6.08 Å². The van der Waals surface area contributed by atoms with Crippen LogP contribution in [0.15, 0.2) is 42.5 Å². The largest absolute Gasteiger partial charge is 0.493 e. The average Bonchev–Trinajstić information content (AvgIpc) is 2.71. The second-order valence-corrected chi connectivity index (χ2v) is 6.77. The van der Waals surface area contributed by atoms with Gasteiger partial charge in [-0.15, -0.1) is 0 Å².